The van der Waals surface area contributed by atoms with Crippen LogP contribution in [-0.4, -0.2) is 64.6 Å². The molecule has 7 heteroatoms. The van der Waals surface area contributed by atoms with Gasteiger partial charge in [-0.05, 0) is 42.7 Å². The van der Waals surface area contributed by atoms with E-state index in [1.807, 2.05) is 36.4 Å². The van der Waals surface area contributed by atoms with Crippen molar-refractivity contribution in [2.75, 3.05) is 26.2 Å². The topological polar surface area (TPSA) is 84.7 Å². The first-order valence-electron chi connectivity index (χ1n) is 10.5. The number of hydrogen-bond acceptors (Lipinski definition) is 4. The summed E-state index contributed by atoms with van der Waals surface area (Å²) in [7, 11) is 0. The first kappa shape index (κ1) is 20.6. The number of piperidine rings is 1. The molecule has 0 saturated carbocycles. The number of carbonyl (C=O) groups excluding carboxylic acids is 3. The molecule has 0 bridgehead atoms. The van der Waals surface area contributed by atoms with Crippen LogP contribution in [0.3, 0.4) is 0 Å². The van der Waals surface area contributed by atoms with Crippen molar-refractivity contribution in [3.05, 3.63) is 71.3 Å². The lowest BCUT2D eigenvalue weighted by Crippen LogP contribution is -2.59. The number of nitrogens with zero attached hydrogens (tertiary/aromatic N) is 4. The van der Waals surface area contributed by atoms with E-state index in [-0.39, 0.29) is 11.9 Å². The third-order valence-electron chi connectivity index (χ3n) is 6.01. The Kier molecular flexibility index (Phi) is 5.99. The molecule has 0 N–H and O–H groups in total. The highest BCUT2D eigenvalue weighted by molar-refractivity contribution is 6.35. The van der Waals surface area contributed by atoms with Crippen molar-refractivity contribution in [2.45, 2.75) is 25.4 Å². The SMILES string of the molecule is N#Cc1ccc(C(=O)N2CCC(N3CCN(Cc4ccccc4)C(=O)C3=O)CC2)cc1. The predicted octanol–water partition coefficient (Wildman–Crippen LogP) is 2.03. The Morgan fingerprint density at radius 2 is 1.58 bits per heavy atom. The molecule has 2 heterocycles. The quantitative estimate of drug-likeness (QED) is 0.714. The van der Waals surface area contributed by atoms with Gasteiger partial charge < -0.3 is 14.7 Å². The van der Waals surface area contributed by atoms with Gasteiger partial charge in [-0.2, -0.15) is 5.26 Å². The summed E-state index contributed by atoms with van der Waals surface area (Å²) in [6.07, 6.45) is 1.31. The standard InChI is InChI=1S/C24H24N4O3/c25-16-18-6-8-20(9-7-18)22(29)26-12-10-21(11-13-26)28-15-14-27(23(30)24(28)31)17-19-4-2-1-3-5-19/h1-9,21H,10-15,17H2. The molecule has 2 aromatic carbocycles. The van der Waals surface area contributed by atoms with E-state index in [2.05, 4.69) is 0 Å². The molecule has 158 valence electrons. The van der Waals surface area contributed by atoms with Gasteiger partial charge in [-0.1, -0.05) is 30.3 Å². The zero-order chi connectivity index (χ0) is 21.8. The summed E-state index contributed by atoms with van der Waals surface area (Å²) >= 11 is 0. The van der Waals surface area contributed by atoms with Crippen LogP contribution in [0.1, 0.15) is 34.3 Å². The highest BCUT2D eigenvalue weighted by Gasteiger charge is 2.38. The van der Waals surface area contributed by atoms with E-state index < -0.39 is 11.8 Å². The number of nitriles is 1. The van der Waals surface area contributed by atoms with Gasteiger partial charge in [-0.3, -0.25) is 14.4 Å². The minimum absolute atomic E-state index is 0.0275. The smallest absolute Gasteiger partial charge is 0.312 e. The Hall–Kier alpha value is -3.66. The summed E-state index contributed by atoms with van der Waals surface area (Å²) in [6, 6.07) is 18.3. The molecular formula is C24H24N4O3. The number of amides is 3. The second kappa shape index (κ2) is 9.00. The first-order valence-corrected chi connectivity index (χ1v) is 10.5. The lowest BCUT2D eigenvalue weighted by atomic mass is 10.0. The highest BCUT2D eigenvalue weighted by atomic mass is 16.2. The summed E-state index contributed by atoms with van der Waals surface area (Å²) in [5.74, 6) is -0.969. The second-order valence-electron chi connectivity index (χ2n) is 7.92. The van der Waals surface area contributed by atoms with Crippen LogP contribution in [0, 0.1) is 11.3 Å². The highest BCUT2D eigenvalue weighted by Crippen LogP contribution is 2.22. The fourth-order valence-electron chi connectivity index (χ4n) is 4.24. The van der Waals surface area contributed by atoms with Crippen LogP contribution in [0.25, 0.3) is 0 Å². The molecule has 0 aliphatic carbocycles. The number of rotatable bonds is 4. The van der Waals surface area contributed by atoms with E-state index in [1.165, 1.54) is 0 Å². The number of benzene rings is 2. The zero-order valence-electron chi connectivity index (χ0n) is 17.2. The minimum atomic E-state index is -0.453. The molecule has 2 aliphatic rings. The molecule has 2 fully saturated rings. The Labute approximate surface area is 181 Å². The van der Waals surface area contributed by atoms with E-state index in [0.717, 1.165) is 5.56 Å². The Balaban J connectivity index is 1.32. The second-order valence-corrected chi connectivity index (χ2v) is 7.92. The average molecular weight is 416 g/mol. The third kappa shape index (κ3) is 4.43. The lowest BCUT2D eigenvalue weighted by molar-refractivity contribution is -0.158. The Bertz CT molecular complexity index is 1010. The maximum absolute atomic E-state index is 12.8. The zero-order valence-corrected chi connectivity index (χ0v) is 17.2. The van der Waals surface area contributed by atoms with Gasteiger partial charge in [0, 0.05) is 44.3 Å². The van der Waals surface area contributed by atoms with Gasteiger partial charge in [-0.15, -0.1) is 0 Å². The van der Waals surface area contributed by atoms with E-state index in [4.69, 9.17) is 5.26 Å². The molecule has 0 aromatic heterocycles. The summed E-state index contributed by atoms with van der Waals surface area (Å²) in [4.78, 5) is 43.2. The molecule has 4 rings (SSSR count). The monoisotopic (exact) mass is 416 g/mol. The third-order valence-corrected chi connectivity index (χ3v) is 6.01. The molecule has 2 aliphatic heterocycles. The Morgan fingerprint density at radius 1 is 0.903 bits per heavy atom. The molecular weight excluding hydrogens is 392 g/mol. The van der Waals surface area contributed by atoms with Gasteiger partial charge in [-0.25, -0.2) is 0 Å². The van der Waals surface area contributed by atoms with Crippen molar-refractivity contribution in [1.82, 2.24) is 14.7 Å². The maximum Gasteiger partial charge on any atom is 0.312 e. The predicted molar refractivity (Wildman–Crippen MR) is 114 cm³/mol. The molecule has 0 atom stereocenters. The first-order chi connectivity index (χ1) is 15.1. The van der Waals surface area contributed by atoms with E-state index >= 15 is 0 Å². The number of carbonyl (C=O) groups is 3. The largest absolute Gasteiger partial charge is 0.338 e. The number of likely N-dealkylation sites (tertiary alicyclic amines) is 1. The van der Waals surface area contributed by atoms with Crippen LogP contribution >= 0.6 is 0 Å². The number of hydrogen-bond donors (Lipinski definition) is 0. The van der Waals surface area contributed by atoms with Crippen molar-refractivity contribution < 1.29 is 14.4 Å². The van der Waals surface area contributed by atoms with Gasteiger partial charge in [0.1, 0.15) is 0 Å². The molecule has 2 saturated heterocycles. The van der Waals surface area contributed by atoms with Crippen molar-refractivity contribution in [3.63, 3.8) is 0 Å². The molecule has 0 spiro atoms. The van der Waals surface area contributed by atoms with Crippen molar-refractivity contribution in [3.8, 4) is 6.07 Å². The van der Waals surface area contributed by atoms with Crippen molar-refractivity contribution in [2.24, 2.45) is 0 Å². The summed E-state index contributed by atoms with van der Waals surface area (Å²) in [5, 5.41) is 8.89. The van der Waals surface area contributed by atoms with Crippen LogP contribution in [0.4, 0.5) is 0 Å². The number of piperazine rings is 1. The van der Waals surface area contributed by atoms with E-state index in [9.17, 15) is 14.4 Å². The van der Waals surface area contributed by atoms with E-state index in [0.29, 0.717) is 56.7 Å². The maximum atomic E-state index is 12.8. The van der Waals surface area contributed by atoms with Gasteiger partial charge in [0.25, 0.3) is 5.91 Å². The van der Waals surface area contributed by atoms with Crippen molar-refractivity contribution >= 4 is 17.7 Å². The summed E-state index contributed by atoms with van der Waals surface area (Å²) in [5.41, 5.74) is 2.08. The van der Waals surface area contributed by atoms with Crippen LogP contribution in [0.2, 0.25) is 0 Å². The van der Waals surface area contributed by atoms with Crippen LogP contribution in [-0.2, 0) is 16.1 Å². The fraction of sp³-hybridized carbons (Fsp3) is 0.333. The summed E-state index contributed by atoms with van der Waals surface area (Å²) < 4.78 is 0. The van der Waals surface area contributed by atoms with Gasteiger partial charge in [0.05, 0.1) is 11.6 Å². The average Bonchev–Trinajstić information content (AvgIpc) is 2.83. The molecule has 0 unspecified atom stereocenters. The summed E-state index contributed by atoms with van der Waals surface area (Å²) in [6.45, 7) is 2.55. The van der Waals surface area contributed by atoms with Crippen LogP contribution in [0.15, 0.2) is 54.6 Å². The molecule has 7 nitrogen and oxygen atoms in total. The fourth-order valence-corrected chi connectivity index (χ4v) is 4.24. The molecule has 31 heavy (non-hydrogen) atoms. The van der Waals surface area contributed by atoms with Gasteiger partial charge in [0.2, 0.25) is 0 Å². The van der Waals surface area contributed by atoms with Crippen LogP contribution in [0.5, 0.6) is 0 Å². The molecule has 0 radical (unpaired) electrons. The van der Waals surface area contributed by atoms with Gasteiger partial charge >= 0.3 is 11.8 Å². The van der Waals surface area contributed by atoms with Gasteiger partial charge in [0.15, 0.2) is 0 Å². The lowest BCUT2D eigenvalue weighted by Gasteiger charge is -2.42. The Morgan fingerprint density at radius 3 is 2.23 bits per heavy atom. The van der Waals surface area contributed by atoms with Crippen LogP contribution < -0.4 is 0 Å². The molecule has 3 amide bonds. The molecule has 2 aromatic rings. The van der Waals surface area contributed by atoms with Crippen molar-refractivity contribution in [1.29, 1.82) is 5.26 Å². The normalized spacial score (nSPS) is 17.6. The minimum Gasteiger partial charge on any atom is -0.338 e. The van der Waals surface area contributed by atoms with E-state index in [1.54, 1.807) is 39.0 Å².